The van der Waals surface area contributed by atoms with E-state index in [0.29, 0.717) is 10.8 Å². The van der Waals surface area contributed by atoms with Crippen LogP contribution in [0.1, 0.15) is 47.5 Å². The van der Waals surface area contributed by atoms with Crippen molar-refractivity contribution in [1.82, 2.24) is 5.32 Å². The van der Waals surface area contributed by atoms with E-state index in [1.165, 1.54) is 25.9 Å². The SMILES string of the molecule is CC(C)C1(C(C)(C)C)CCNCC1. The quantitative estimate of drug-likeness (QED) is 0.659. The molecule has 1 rings (SSSR count). The molecule has 1 N–H and O–H groups in total. The normalized spacial score (nSPS) is 23.5. The van der Waals surface area contributed by atoms with Crippen molar-refractivity contribution in [2.24, 2.45) is 16.7 Å². The number of nitrogens with one attached hydrogen (secondary N) is 1. The minimum Gasteiger partial charge on any atom is -0.317 e. The Kier molecular flexibility index (Phi) is 3.06. The van der Waals surface area contributed by atoms with Gasteiger partial charge in [0.15, 0.2) is 0 Å². The van der Waals surface area contributed by atoms with Gasteiger partial charge in [-0.2, -0.15) is 0 Å². The summed E-state index contributed by atoms with van der Waals surface area (Å²) in [5.41, 5.74) is 1.00. The van der Waals surface area contributed by atoms with Gasteiger partial charge in [0, 0.05) is 0 Å². The number of hydrogen-bond donors (Lipinski definition) is 1. The highest BCUT2D eigenvalue weighted by Crippen LogP contribution is 2.50. The van der Waals surface area contributed by atoms with Crippen LogP contribution in [0.4, 0.5) is 0 Å². The molecule has 1 aliphatic heterocycles. The zero-order valence-electron chi connectivity index (χ0n) is 9.91. The van der Waals surface area contributed by atoms with E-state index in [-0.39, 0.29) is 0 Å². The minimum atomic E-state index is 0.448. The summed E-state index contributed by atoms with van der Waals surface area (Å²) >= 11 is 0. The van der Waals surface area contributed by atoms with Gasteiger partial charge in [-0.1, -0.05) is 34.6 Å². The van der Waals surface area contributed by atoms with Gasteiger partial charge in [-0.3, -0.25) is 0 Å². The molecule has 0 radical (unpaired) electrons. The number of piperidine rings is 1. The largest absolute Gasteiger partial charge is 0.317 e. The first-order valence-corrected chi connectivity index (χ1v) is 5.61. The molecule has 1 fully saturated rings. The Bertz CT molecular complexity index is 158. The molecule has 0 aromatic rings. The van der Waals surface area contributed by atoms with E-state index >= 15 is 0 Å². The third kappa shape index (κ3) is 1.90. The molecule has 0 aromatic carbocycles. The summed E-state index contributed by atoms with van der Waals surface area (Å²) in [7, 11) is 0. The Morgan fingerprint density at radius 1 is 1.08 bits per heavy atom. The molecular weight excluding hydrogens is 158 g/mol. The summed E-state index contributed by atoms with van der Waals surface area (Å²) in [6, 6.07) is 0. The highest BCUT2D eigenvalue weighted by molar-refractivity contribution is 4.95. The first-order valence-electron chi connectivity index (χ1n) is 5.61. The van der Waals surface area contributed by atoms with E-state index in [9.17, 15) is 0 Å². The van der Waals surface area contributed by atoms with Gasteiger partial charge in [0.1, 0.15) is 0 Å². The minimum absolute atomic E-state index is 0.448. The first-order chi connectivity index (χ1) is 5.90. The molecule has 1 heterocycles. The molecule has 0 saturated carbocycles. The monoisotopic (exact) mass is 183 g/mol. The van der Waals surface area contributed by atoms with Gasteiger partial charge < -0.3 is 5.32 Å². The zero-order valence-corrected chi connectivity index (χ0v) is 9.91. The molecule has 0 aliphatic carbocycles. The maximum absolute atomic E-state index is 3.47. The third-order valence-corrected chi connectivity index (χ3v) is 4.09. The molecule has 1 heteroatoms. The van der Waals surface area contributed by atoms with Crippen LogP contribution in [0.2, 0.25) is 0 Å². The Morgan fingerprint density at radius 3 is 1.77 bits per heavy atom. The predicted molar refractivity (Wildman–Crippen MR) is 58.8 cm³/mol. The van der Waals surface area contributed by atoms with E-state index in [1.54, 1.807) is 0 Å². The fraction of sp³-hybridized carbons (Fsp3) is 1.00. The molecule has 0 atom stereocenters. The first kappa shape index (κ1) is 11.0. The second-order valence-corrected chi connectivity index (χ2v) is 5.81. The van der Waals surface area contributed by atoms with Crippen LogP contribution >= 0.6 is 0 Å². The van der Waals surface area contributed by atoms with E-state index in [1.807, 2.05) is 0 Å². The topological polar surface area (TPSA) is 12.0 Å². The summed E-state index contributed by atoms with van der Waals surface area (Å²) in [5.74, 6) is 0.801. The smallest absolute Gasteiger partial charge is 0.00433 e. The Balaban J connectivity index is 2.86. The van der Waals surface area contributed by atoms with Crippen LogP contribution in [-0.2, 0) is 0 Å². The lowest BCUT2D eigenvalue weighted by Gasteiger charge is -2.51. The molecule has 1 saturated heterocycles. The maximum Gasteiger partial charge on any atom is -0.00433 e. The van der Waals surface area contributed by atoms with Gasteiger partial charge in [-0.25, -0.2) is 0 Å². The Hall–Kier alpha value is -0.0400. The van der Waals surface area contributed by atoms with Crippen molar-refractivity contribution in [2.45, 2.75) is 47.5 Å². The van der Waals surface area contributed by atoms with Crippen molar-refractivity contribution >= 4 is 0 Å². The second kappa shape index (κ2) is 3.61. The lowest BCUT2D eigenvalue weighted by molar-refractivity contribution is -0.00191. The number of hydrogen-bond acceptors (Lipinski definition) is 1. The highest BCUT2D eigenvalue weighted by Gasteiger charge is 2.44. The molecule has 0 amide bonds. The van der Waals surface area contributed by atoms with Crippen molar-refractivity contribution in [1.29, 1.82) is 0 Å². The van der Waals surface area contributed by atoms with Gasteiger partial charge >= 0.3 is 0 Å². The zero-order chi connectivity index (χ0) is 10.1. The maximum atomic E-state index is 3.47. The van der Waals surface area contributed by atoms with Crippen LogP contribution in [0.3, 0.4) is 0 Å². The summed E-state index contributed by atoms with van der Waals surface area (Å²) < 4.78 is 0. The summed E-state index contributed by atoms with van der Waals surface area (Å²) in [5, 5.41) is 3.47. The molecule has 0 aromatic heterocycles. The van der Waals surface area contributed by atoms with Gasteiger partial charge in [-0.05, 0) is 42.7 Å². The fourth-order valence-electron chi connectivity index (χ4n) is 3.07. The third-order valence-electron chi connectivity index (χ3n) is 4.09. The average Bonchev–Trinajstić information content (AvgIpc) is 2.03. The molecule has 78 valence electrons. The standard InChI is InChI=1S/C12H25N/c1-10(2)12(11(3,4)5)6-8-13-9-7-12/h10,13H,6-9H2,1-5H3. The molecule has 1 nitrogen and oxygen atoms in total. The molecule has 1 aliphatic rings. The summed E-state index contributed by atoms with van der Waals surface area (Å²) in [6.45, 7) is 14.4. The predicted octanol–water partition coefficient (Wildman–Crippen LogP) is 3.06. The van der Waals surface area contributed by atoms with Crippen LogP contribution in [0.25, 0.3) is 0 Å². The molecule has 0 unspecified atom stereocenters. The van der Waals surface area contributed by atoms with E-state index in [2.05, 4.69) is 39.9 Å². The van der Waals surface area contributed by atoms with Gasteiger partial charge in [0.25, 0.3) is 0 Å². The molecule has 0 spiro atoms. The van der Waals surface area contributed by atoms with E-state index < -0.39 is 0 Å². The second-order valence-electron chi connectivity index (χ2n) is 5.81. The van der Waals surface area contributed by atoms with Crippen molar-refractivity contribution < 1.29 is 0 Å². The van der Waals surface area contributed by atoms with Crippen molar-refractivity contribution in [3.8, 4) is 0 Å². The number of rotatable bonds is 1. The molecule has 13 heavy (non-hydrogen) atoms. The lowest BCUT2D eigenvalue weighted by atomic mass is 9.56. The van der Waals surface area contributed by atoms with Crippen molar-refractivity contribution in [3.05, 3.63) is 0 Å². The van der Waals surface area contributed by atoms with Gasteiger partial charge in [0.05, 0.1) is 0 Å². The van der Waals surface area contributed by atoms with Crippen LogP contribution < -0.4 is 5.32 Å². The Morgan fingerprint density at radius 2 is 1.54 bits per heavy atom. The average molecular weight is 183 g/mol. The van der Waals surface area contributed by atoms with E-state index in [0.717, 1.165) is 5.92 Å². The summed E-state index contributed by atoms with van der Waals surface area (Å²) in [4.78, 5) is 0. The van der Waals surface area contributed by atoms with Gasteiger partial charge in [-0.15, -0.1) is 0 Å². The van der Waals surface area contributed by atoms with Crippen LogP contribution in [0.15, 0.2) is 0 Å². The summed E-state index contributed by atoms with van der Waals surface area (Å²) in [6.07, 6.45) is 2.68. The Labute approximate surface area is 83.3 Å². The molecule has 0 bridgehead atoms. The van der Waals surface area contributed by atoms with Crippen LogP contribution in [-0.4, -0.2) is 13.1 Å². The molecular formula is C12H25N. The van der Waals surface area contributed by atoms with Crippen molar-refractivity contribution in [3.63, 3.8) is 0 Å². The van der Waals surface area contributed by atoms with Crippen LogP contribution in [0, 0.1) is 16.7 Å². The highest BCUT2D eigenvalue weighted by atomic mass is 14.9. The van der Waals surface area contributed by atoms with Crippen LogP contribution in [0.5, 0.6) is 0 Å². The lowest BCUT2D eigenvalue weighted by Crippen LogP contribution is -2.48. The van der Waals surface area contributed by atoms with E-state index in [4.69, 9.17) is 0 Å². The fourth-order valence-corrected chi connectivity index (χ4v) is 3.07. The van der Waals surface area contributed by atoms with Gasteiger partial charge in [0.2, 0.25) is 0 Å². The van der Waals surface area contributed by atoms with Crippen molar-refractivity contribution in [2.75, 3.05) is 13.1 Å².